The first kappa shape index (κ1) is 19.9. The molecule has 1 aliphatic rings. The molecule has 3 aromatic carbocycles. The zero-order valence-electron chi connectivity index (χ0n) is 16.0. The van der Waals surface area contributed by atoms with Gasteiger partial charge in [-0.25, -0.2) is 0 Å². The molecule has 6 heteroatoms. The third kappa shape index (κ3) is 4.95. The van der Waals surface area contributed by atoms with E-state index in [2.05, 4.69) is 44.7 Å². The molecule has 0 radical (unpaired) electrons. The first-order chi connectivity index (χ1) is 14.2. The van der Waals surface area contributed by atoms with Crippen molar-refractivity contribution in [3.8, 4) is 11.5 Å². The van der Waals surface area contributed by atoms with Crippen LogP contribution in [-0.4, -0.2) is 11.7 Å². The number of benzene rings is 3. The Balaban J connectivity index is 1.47. The van der Waals surface area contributed by atoms with Gasteiger partial charge in [0, 0.05) is 10.0 Å². The van der Waals surface area contributed by atoms with Gasteiger partial charge >= 0.3 is 0 Å². The first-order valence-corrected chi connectivity index (χ1v) is 11.1. The molecule has 4 nitrogen and oxygen atoms in total. The van der Waals surface area contributed by atoms with Gasteiger partial charge in [-0.2, -0.15) is 5.10 Å². The predicted octanol–water partition coefficient (Wildman–Crippen LogP) is 6.12. The lowest BCUT2D eigenvalue weighted by molar-refractivity contribution is 0.269. The van der Waals surface area contributed by atoms with E-state index >= 15 is 0 Å². The van der Waals surface area contributed by atoms with Gasteiger partial charge in [-0.1, -0.05) is 76.2 Å². The van der Waals surface area contributed by atoms with Crippen LogP contribution >= 0.6 is 27.7 Å². The van der Waals surface area contributed by atoms with E-state index in [4.69, 9.17) is 9.47 Å². The second kappa shape index (κ2) is 9.37. The number of hydrogen-bond donors (Lipinski definition) is 1. The Labute approximate surface area is 183 Å². The monoisotopic (exact) mass is 468 g/mol. The minimum Gasteiger partial charge on any atom is -0.490 e. The van der Waals surface area contributed by atoms with E-state index in [0.29, 0.717) is 13.2 Å². The highest BCUT2D eigenvalue weighted by molar-refractivity contribution is 9.10. The van der Waals surface area contributed by atoms with Crippen LogP contribution in [-0.2, 0) is 6.61 Å². The van der Waals surface area contributed by atoms with Crippen LogP contribution in [0, 0.1) is 0 Å². The highest BCUT2D eigenvalue weighted by atomic mass is 79.9. The molecule has 0 bridgehead atoms. The summed E-state index contributed by atoms with van der Waals surface area (Å²) in [5.74, 6) is 1.49. The Morgan fingerprint density at radius 3 is 2.52 bits per heavy atom. The largest absolute Gasteiger partial charge is 0.490 e. The number of thioether (sulfide) groups is 1. The molecular weight excluding hydrogens is 448 g/mol. The Morgan fingerprint density at radius 2 is 1.76 bits per heavy atom. The second-order valence-electron chi connectivity index (χ2n) is 6.46. The van der Waals surface area contributed by atoms with Gasteiger partial charge in [0.05, 0.1) is 6.61 Å². The molecule has 148 valence electrons. The minimum absolute atomic E-state index is 0.0462. The lowest BCUT2D eigenvalue weighted by atomic mass is 10.2. The molecule has 1 atom stereocenters. The molecule has 1 aliphatic heterocycles. The number of hydrazone groups is 1. The zero-order valence-corrected chi connectivity index (χ0v) is 18.4. The van der Waals surface area contributed by atoms with E-state index < -0.39 is 0 Å². The fourth-order valence-electron chi connectivity index (χ4n) is 2.95. The van der Waals surface area contributed by atoms with Crippen molar-refractivity contribution in [1.82, 2.24) is 5.43 Å². The summed E-state index contributed by atoms with van der Waals surface area (Å²) in [6.45, 7) is 3.05. The van der Waals surface area contributed by atoms with Crippen molar-refractivity contribution >= 4 is 32.7 Å². The van der Waals surface area contributed by atoms with E-state index in [-0.39, 0.29) is 5.37 Å². The van der Waals surface area contributed by atoms with Crippen molar-refractivity contribution < 1.29 is 9.47 Å². The summed E-state index contributed by atoms with van der Waals surface area (Å²) in [6, 6.07) is 24.4. The van der Waals surface area contributed by atoms with Crippen molar-refractivity contribution in [2.75, 3.05) is 6.61 Å². The van der Waals surface area contributed by atoms with E-state index in [1.165, 1.54) is 0 Å². The summed E-state index contributed by atoms with van der Waals surface area (Å²) in [5, 5.41) is 5.53. The molecule has 29 heavy (non-hydrogen) atoms. The quantitative estimate of drug-likeness (QED) is 0.453. The van der Waals surface area contributed by atoms with Crippen LogP contribution in [0.1, 0.15) is 29.0 Å². The average Bonchev–Trinajstić information content (AvgIpc) is 3.25. The van der Waals surface area contributed by atoms with Gasteiger partial charge < -0.3 is 9.47 Å². The fourth-order valence-corrected chi connectivity index (χ4v) is 4.21. The average molecular weight is 469 g/mol. The van der Waals surface area contributed by atoms with Gasteiger partial charge in [0.2, 0.25) is 0 Å². The third-order valence-corrected chi connectivity index (χ3v) is 6.10. The van der Waals surface area contributed by atoms with Crippen LogP contribution in [0.3, 0.4) is 0 Å². The normalized spacial score (nSPS) is 15.5. The number of halogens is 1. The molecule has 0 saturated heterocycles. The van der Waals surface area contributed by atoms with E-state index in [1.807, 2.05) is 61.5 Å². The molecule has 3 aromatic rings. The lowest BCUT2D eigenvalue weighted by Gasteiger charge is -2.16. The smallest absolute Gasteiger partial charge is 0.161 e. The molecule has 1 unspecified atom stereocenters. The number of rotatable bonds is 7. The second-order valence-corrected chi connectivity index (χ2v) is 8.47. The number of nitrogens with one attached hydrogen (secondary N) is 1. The van der Waals surface area contributed by atoms with Gasteiger partial charge in [0.15, 0.2) is 11.5 Å². The highest BCUT2D eigenvalue weighted by Crippen LogP contribution is 2.38. The zero-order chi connectivity index (χ0) is 20.1. The number of hydrogen-bond acceptors (Lipinski definition) is 5. The van der Waals surface area contributed by atoms with Crippen LogP contribution in [0.4, 0.5) is 0 Å². The van der Waals surface area contributed by atoms with Crippen LogP contribution in [0.5, 0.6) is 11.5 Å². The molecule has 0 spiro atoms. The Bertz CT molecular complexity index is 994. The Kier molecular flexibility index (Phi) is 6.42. The summed E-state index contributed by atoms with van der Waals surface area (Å²) < 4.78 is 12.9. The van der Waals surface area contributed by atoms with E-state index in [1.54, 1.807) is 11.8 Å². The van der Waals surface area contributed by atoms with Gasteiger partial charge in [-0.15, -0.1) is 0 Å². The summed E-state index contributed by atoms with van der Waals surface area (Å²) in [6.07, 6.45) is 0. The number of nitrogens with zero attached hydrogens (tertiary/aromatic N) is 1. The number of ether oxygens (including phenoxy) is 2. The SMILES string of the molecule is CCOc1cc(C2NN=C(c3ccccc3)S2)ccc1OCc1ccc(Br)cc1. The van der Waals surface area contributed by atoms with Gasteiger partial charge in [-0.3, -0.25) is 5.43 Å². The Morgan fingerprint density at radius 1 is 0.966 bits per heavy atom. The van der Waals surface area contributed by atoms with Crippen LogP contribution < -0.4 is 14.9 Å². The third-order valence-electron chi connectivity index (χ3n) is 4.41. The van der Waals surface area contributed by atoms with Crippen LogP contribution in [0.2, 0.25) is 0 Å². The van der Waals surface area contributed by atoms with E-state index in [0.717, 1.165) is 37.7 Å². The minimum atomic E-state index is 0.0462. The molecule has 0 aliphatic carbocycles. The molecule has 0 fully saturated rings. The van der Waals surface area contributed by atoms with Gasteiger partial charge in [-0.05, 0) is 42.3 Å². The molecular formula is C23H21BrN2O2S. The van der Waals surface area contributed by atoms with E-state index in [9.17, 15) is 0 Å². The Hall–Kier alpha value is -2.44. The van der Waals surface area contributed by atoms with Crippen molar-refractivity contribution in [3.63, 3.8) is 0 Å². The lowest BCUT2D eigenvalue weighted by Crippen LogP contribution is -2.07. The summed E-state index contributed by atoms with van der Waals surface area (Å²) in [4.78, 5) is 0. The van der Waals surface area contributed by atoms with Crippen molar-refractivity contribution in [1.29, 1.82) is 0 Å². The van der Waals surface area contributed by atoms with Gasteiger partial charge in [0.1, 0.15) is 17.0 Å². The van der Waals surface area contributed by atoms with Crippen LogP contribution in [0.25, 0.3) is 0 Å². The molecule has 0 amide bonds. The first-order valence-electron chi connectivity index (χ1n) is 9.42. The summed E-state index contributed by atoms with van der Waals surface area (Å²) in [7, 11) is 0. The van der Waals surface area contributed by atoms with Crippen molar-refractivity contribution in [3.05, 3.63) is 94.0 Å². The van der Waals surface area contributed by atoms with Gasteiger partial charge in [0.25, 0.3) is 0 Å². The topological polar surface area (TPSA) is 42.8 Å². The fraction of sp³-hybridized carbons (Fsp3) is 0.174. The summed E-state index contributed by atoms with van der Waals surface area (Å²) >= 11 is 5.15. The standard InChI is InChI=1S/C23H21BrN2O2S/c1-2-27-21-14-18(23-26-25-22(29-23)17-6-4-3-5-7-17)10-13-20(21)28-15-16-8-11-19(24)12-9-16/h3-14,23,26H,2,15H2,1H3. The molecule has 1 heterocycles. The van der Waals surface area contributed by atoms with Crippen molar-refractivity contribution in [2.24, 2.45) is 5.10 Å². The molecule has 1 N–H and O–H groups in total. The van der Waals surface area contributed by atoms with Crippen molar-refractivity contribution in [2.45, 2.75) is 18.9 Å². The maximum absolute atomic E-state index is 6.03. The molecule has 0 aromatic heterocycles. The van der Waals surface area contributed by atoms with Crippen LogP contribution in [0.15, 0.2) is 82.4 Å². The molecule has 4 rings (SSSR count). The summed E-state index contributed by atoms with van der Waals surface area (Å²) in [5.41, 5.74) is 6.55. The maximum Gasteiger partial charge on any atom is 0.161 e. The molecule has 0 saturated carbocycles. The predicted molar refractivity (Wildman–Crippen MR) is 123 cm³/mol. The maximum atomic E-state index is 6.03. The highest BCUT2D eigenvalue weighted by Gasteiger charge is 2.23.